The van der Waals surface area contributed by atoms with Gasteiger partial charge >= 0.3 is 0 Å². The average molecular weight is 523 g/mol. The lowest BCUT2D eigenvalue weighted by Crippen LogP contribution is -2.49. The first-order chi connectivity index (χ1) is 17.5. The number of nitrogens with zero attached hydrogens (tertiary/aromatic N) is 4. The quantitative estimate of drug-likeness (QED) is 0.358. The first-order valence-corrected chi connectivity index (χ1v) is 12.6. The molecule has 6 rings (SSSR count). The third kappa shape index (κ3) is 4.45. The molecule has 36 heavy (non-hydrogen) atoms. The van der Waals surface area contributed by atoms with Crippen LogP contribution in [0.4, 0.5) is 5.69 Å². The van der Waals surface area contributed by atoms with Crippen LogP contribution in [0.15, 0.2) is 67.0 Å². The molecule has 184 valence electrons. The number of carbonyl (C=O) groups is 1. The van der Waals surface area contributed by atoms with Gasteiger partial charge in [-0.1, -0.05) is 35.3 Å². The molecule has 7 nitrogen and oxygen atoms in total. The van der Waals surface area contributed by atoms with E-state index in [9.17, 15) is 4.79 Å². The summed E-state index contributed by atoms with van der Waals surface area (Å²) in [4.78, 5) is 22.3. The Morgan fingerprint density at radius 2 is 1.78 bits per heavy atom. The molecule has 1 atom stereocenters. The summed E-state index contributed by atoms with van der Waals surface area (Å²) in [6.45, 7) is 3.01. The van der Waals surface area contributed by atoms with E-state index in [1.165, 1.54) is 0 Å². The standard InChI is InChI=1S/C27H24Cl2N4O3/c28-19-2-1-3-21(13-19)31-8-10-32(11-9-31)27(34)14-22(18-4-6-24-25(12-18)36-17-35-24)23-15-30-26-7-5-20(29)16-33(23)26/h1-7,12-13,15-16,22H,8-11,14,17H2. The van der Waals surface area contributed by atoms with Crippen molar-refractivity contribution < 1.29 is 14.3 Å². The van der Waals surface area contributed by atoms with Crippen molar-refractivity contribution in [2.24, 2.45) is 0 Å². The number of rotatable bonds is 5. The minimum Gasteiger partial charge on any atom is -0.454 e. The number of hydrogen-bond acceptors (Lipinski definition) is 5. The predicted molar refractivity (Wildman–Crippen MR) is 139 cm³/mol. The maximum Gasteiger partial charge on any atom is 0.231 e. The second kappa shape index (κ2) is 9.56. The van der Waals surface area contributed by atoms with Crippen LogP contribution in [0.25, 0.3) is 5.65 Å². The van der Waals surface area contributed by atoms with Gasteiger partial charge in [0.15, 0.2) is 11.5 Å². The molecule has 4 heterocycles. The summed E-state index contributed by atoms with van der Waals surface area (Å²) in [6.07, 6.45) is 3.97. The van der Waals surface area contributed by atoms with E-state index in [4.69, 9.17) is 32.7 Å². The summed E-state index contributed by atoms with van der Waals surface area (Å²) in [5, 5.41) is 1.32. The molecule has 1 saturated heterocycles. The highest BCUT2D eigenvalue weighted by atomic mass is 35.5. The van der Waals surface area contributed by atoms with Crippen molar-refractivity contribution in [1.82, 2.24) is 14.3 Å². The van der Waals surface area contributed by atoms with Crippen molar-refractivity contribution in [2.45, 2.75) is 12.3 Å². The van der Waals surface area contributed by atoms with Gasteiger partial charge in [-0.15, -0.1) is 0 Å². The van der Waals surface area contributed by atoms with Gasteiger partial charge in [-0.3, -0.25) is 4.79 Å². The number of anilines is 1. The summed E-state index contributed by atoms with van der Waals surface area (Å²) >= 11 is 12.5. The molecule has 2 aliphatic heterocycles. The van der Waals surface area contributed by atoms with E-state index in [0.717, 1.165) is 35.7 Å². The van der Waals surface area contributed by atoms with E-state index in [1.807, 2.05) is 70.2 Å². The number of fused-ring (bicyclic) bond motifs is 2. The summed E-state index contributed by atoms with van der Waals surface area (Å²) in [5.41, 5.74) is 3.72. The lowest BCUT2D eigenvalue weighted by Gasteiger charge is -2.36. The van der Waals surface area contributed by atoms with Crippen LogP contribution in [0.1, 0.15) is 23.6 Å². The number of hydrogen-bond donors (Lipinski definition) is 0. The number of imidazole rings is 1. The molecule has 1 unspecified atom stereocenters. The van der Waals surface area contributed by atoms with Gasteiger partial charge in [0.2, 0.25) is 12.7 Å². The SMILES string of the molecule is O=C(CC(c1ccc2c(c1)OCO2)c1cnc2ccc(Cl)cn12)N1CCN(c2cccc(Cl)c2)CC1. The van der Waals surface area contributed by atoms with Crippen LogP contribution in [0.3, 0.4) is 0 Å². The van der Waals surface area contributed by atoms with Crippen LogP contribution in [0.2, 0.25) is 10.0 Å². The number of carbonyl (C=O) groups excluding carboxylic acids is 1. The number of ether oxygens (including phenoxy) is 2. The average Bonchev–Trinajstić information content (AvgIpc) is 3.53. The third-order valence-electron chi connectivity index (χ3n) is 6.84. The smallest absolute Gasteiger partial charge is 0.231 e. The molecule has 0 saturated carbocycles. The van der Waals surface area contributed by atoms with Crippen LogP contribution in [-0.4, -0.2) is 53.2 Å². The molecular weight excluding hydrogens is 499 g/mol. The zero-order valence-electron chi connectivity index (χ0n) is 19.4. The topological polar surface area (TPSA) is 59.3 Å². The molecule has 0 aliphatic carbocycles. The Balaban J connectivity index is 1.26. The molecule has 1 amide bonds. The van der Waals surface area contributed by atoms with Crippen LogP contribution in [0.5, 0.6) is 11.5 Å². The van der Waals surface area contributed by atoms with Gasteiger partial charge in [-0.05, 0) is 48.0 Å². The van der Waals surface area contributed by atoms with Crippen molar-refractivity contribution in [2.75, 3.05) is 37.9 Å². The Kier molecular flexibility index (Phi) is 6.11. The highest BCUT2D eigenvalue weighted by Gasteiger charge is 2.28. The summed E-state index contributed by atoms with van der Waals surface area (Å²) in [6, 6.07) is 17.4. The van der Waals surface area contributed by atoms with E-state index in [2.05, 4.69) is 16.0 Å². The summed E-state index contributed by atoms with van der Waals surface area (Å²) < 4.78 is 13.1. The molecule has 2 aromatic carbocycles. The Labute approximate surface area is 218 Å². The van der Waals surface area contributed by atoms with Crippen molar-refractivity contribution in [3.63, 3.8) is 0 Å². The van der Waals surface area contributed by atoms with Gasteiger partial charge in [0.05, 0.1) is 10.7 Å². The number of pyridine rings is 1. The minimum atomic E-state index is -0.230. The third-order valence-corrected chi connectivity index (χ3v) is 7.30. The molecular formula is C27H24Cl2N4O3. The number of piperazine rings is 1. The molecule has 0 bridgehead atoms. The molecule has 0 spiro atoms. The zero-order valence-corrected chi connectivity index (χ0v) is 21.0. The second-order valence-corrected chi connectivity index (χ2v) is 9.85. The van der Waals surface area contributed by atoms with Crippen molar-refractivity contribution in [1.29, 1.82) is 0 Å². The Bertz CT molecular complexity index is 1430. The first-order valence-electron chi connectivity index (χ1n) is 11.9. The van der Waals surface area contributed by atoms with Gasteiger partial charge in [0.1, 0.15) is 5.65 Å². The summed E-state index contributed by atoms with van der Waals surface area (Å²) in [5.74, 6) is 1.26. The molecule has 9 heteroatoms. The van der Waals surface area contributed by atoms with Gasteiger partial charge in [-0.2, -0.15) is 0 Å². The van der Waals surface area contributed by atoms with Gasteiger partial charge in [0.25, 0.3) is 0 Å². The van der Waals surface area contributed by atoms with Crippen molar-refractivity contribution >= 4 is 40.4 Å². The fraction of sp³-hybridized carbons (Fsp3) is 0.259. The zero-order chi connectivity index (χ0) is 24.6. The maximum atomic E-state index is 13.6. The number of aromatic nitrogens is 2. The fourth-order valence-electron chi connectivity index (χ4n) is 4.94. The van der Waals surface area contributed by atoms with Crippen LogP contribution < -0.4 is 14.4 Å². The number of halogens is 2. The van der Waals surface area contributed by atoms with E-state index < -0.39 is 0 Å². The first kappa shape index (κ1) is 23.0. The van der Waals surface area contributed by atoms with Crippen molar-refractivity contribution in [3.8, 4) is 11.5 Å². The van der Waals surface area contributed by atoms with Gasteiger partial charge < -0.3 is 23.7 Å². The molecule has 0 radical (unpaired) electrons. The predicted octanol–water partition coefficient (Wildman–Crippen LogP) is 5.24. The molecule has 1 fully saturated rings. The second-order valence-electron chi connectivity index (χ2n) is 8.98. The highest BCUT2D eigenvalue weighted by molar-refractivity contribution is 6.31. The Morgan fingerprint density at radius 1 is 0.944 bits per heavy atom. The van der Waals surface area contributed by atoms with E-state index >= 15 is 0 Å². The fourth-order valence-corrected chi connectivity index (χ4v) is 5.29. The molecule has 4 aromatic rings. The Morgan fingerprint density at radius 3 is 2.61 bits per heavy atom. The largest absolute Gasteiger partial charge is 0.454 e. The highest BCUT2D eigenvalue weighted by Crippen LogP contribution is 2.38. The van der Waals surface area contributed by atoms with Crippen LogP contribution >= 0.6 is 23.2 Å². The lowest BCUT2D eigenvalue weighted by atomic mass is 9.91. The molecule has 0 N–H and O–H groups in total. The van der Waals surface area contributed by atoms with E-state index in [1.54, 1.807) is 0 Å². The number of benzene rings is 2. The van der Waals surface area contributed by atoms with Crippen LogP contribution in [-0.2, 0) is 4.79 Å². The van der Waals surface area contributed by atoms with Gasteiger partial charge in [-0.25, -0.2) is 4.98 Å². The normalized spacial score (nSPS) is 15.9. The Hall–Kier alpha value is -3.42. The maximum absolute atomic E-state index is 13.6. The molecule has 2 aromatic heterocycles. The lowest BCUT2D eigenvalue weighted by molar-refractivity contribution is -0.131. The van der Waals surface area contributed by atoms with Crippen LogP contribution in [0, 0.1) is 0 Å². The monoisotopic (exact) mass is 522 g/mol. The van der Waals surface area contributed by atoms with Gasteiger partial charge in [0, 0.05) is 61.6 Å². The van der Waals surface area contributed by atoms with Crippen molar-refractivity contribution in [3.05, 3.63) is 88.3 Å². The van der Waals surface area contributed by atoms with E-state index in [-0.39, 0.29) is 18.6 Å². The number of amides is 1. The van der Waals surface area contributed by atoms with E-state index in [0.29, 0.717) is 41.1 Å². The summed E-state index contributed by atoms with van der Waals surface area (Å²) in [7, 11) is 0. The minimum absolute atomic E-state index is 0.0976. The molecule has 2 aliphatic rings.